The molecule has 0 heterocycles. The first-order chi connectivity index (χ1) is 9.01. The van der Waals surface area contributed by atoms with E-state index in [4.69, 9.17) is 0 Å². The monoisotopic (exact) mass is 266 g/mol. The summed E-state index contributed by atoms with van der Waals surface area (Å²) < 4.78 is 13.6. The normalized spacial score (nSPS) is 10.1. The highest BCUT2D eigenvalue weighted by atomic mass is 19.1. The van der Waals surface area contributed by atoms with Crippen molar-refractivity contribution in [2.45, 2.75) is 13.3 Å². The van der Waals surface area contributed by atoms with Crippen LogP contribution in [0.2, 0.25) is 0 Å². The fourth-order valence-corrected chi connectivity index (χ4v) is 1.78. The largest absolute Gasteiger partial charge is 0.362 e. The van der Waals surface area contributed by atoms with Gasteiger partial charge in [0.2, 0.25) is 5.91 Å². The van der Waals surface area contributed by atoms with Gasteiger partial charge in [0.1, 0.15) is 5.82 Å². The number of aldehydes is 1. The van der Waals surface area contributed by atoms with Crippen molar-refractivity contribution < 1.29 is 14.0 Å². The summed E-state index contributed by atoms with van der Waals surface area (Å²) in [5.74, 6) is -0.652. The number of benzene rings is 1. The third kappa shape index (κ3) is 3.77. The van der Waals surface area contributed by atoms with Crippen molar-refractivity contribution in [3.63, 3.8) is 0 Å². The smallest absolute Gasteiger partial charge is 0.241 e. The minimum atomic E-state index is -0.564. The number of rotatable bonds is 6. The third-order valence-corrected chi connectivity index (χ3v) is 2.81. The van der Waals surface area contributed by atoms with E-state index < -0.39 is 5.82 Å². The molecule has 0 N–H and O–H groups in total. The van der Waals surface area contributed by atoms with E-state index in [1.54, 1.807) is 31.1 Å². The van der Waals surface area contributed by atoms with Crippen molar-refractivity contribution in [2.24, 2.45) is 0 Å². The van der Waals surface area contributed by atoms with Crippen molar-refractivity contribution in [3.8, 4) is 0 Å². The van der Waals surface area contributed by atoms with Gasteiger partial charge in [-0.15, -0.1) is 0 Å². The zero-order valence-electron chi connectivity index (χ0n) is 11.5. The standard InChI is InChI=1S/C14H19FN2O2/c1-4-8-17(9-14(19)16(2)3)13-7-5-6-12(15)11(13)10-18/h5-7,10H,4,8-9H2,1-3H3. The van der Waals surface area contributed by atoms with Gasteiger partial charge in [-0.1, -0.05) is 13.0 Å². The molecule has 4 nitrogen and oxygen atoms in total. The van der Waals surface area contributed by atoms with Gasteiger partial charge >= 0.3 is 0 Å². The minimum Gasteiger partial charge on any atom is -0.362 e. The lowest BCUT2D eigenvalue weighted by atomic mass is 10.1. The molecular formula is C14H19FN2O2. The molecule has 1 rings (SSSR count). The van der Waals surface area contributed by atoms with Crippen molar-refractivity contribution in [1.82, 2.24) is 4.90 Å². The topological polar surface area (TPSA) is 40.6 Å². The molecule has 0 unspecified atom stereocenters. The van der Waals surface area contributed by atoms with Gasteiger partial charge in [-0.2, -0.15) is 0 Å². The maximum Gasteiger partial charge on any atom is 0.241 e. The SMILES string of the molecule is CCCN(CC(=O)N(C)C)c1cccc(F)c1C=O. The first-order valence-corrected chi connectivity index (χ1v) is 6.20. The van der Waals surface area contributed by atoms with Gasteiger partial charge in [0, 0.05) is 20.6 Å². The van der Waals surface area contributed by atoms with Crippen LogP contribution in [-0.2, 0) is 4.79 Å². The van der Waals surface area contributed by atoms with Crippen LogP contribution in [0.25, 0.3) is 0 Å². The zero-order valence-corrected chi connectivity index (χ0v) is 11.5. The van der Waals surface area contributed by atoms with Crippen LogP contribution in [0.1, 0.15) is 23.7 Å². The molecule has 0 saturated heterocycles. The molecule has 0 saturated carbocycles. The third-order valence-electron chi connectivity index (χ3n) is 2.81. The lowest BCUT2D eigenvalue weighted by Gasteiger charge is -2.26. The number of hydrogen-bond acceptors (Lipinski definition) is 3. The fourth-order valence-electron chi connectivity index (χ4n) is 1.78. The number of halogens is 1. The summed E-state index contributed by atoms with van der Waals surface area (Å²) in [4.78, 5) is 26.0. The van der Waals surface area contributed by atoms with Crippen LogP contribution in [0, 0.1) is 5.82 Å². The van der Waals surface area contributed by atoms with Gasteiger partial charge in [0.25, 0.3) is 0 Å². The number of carbonyl (C=O) groups is 2. The second-order valence-electron chi connectivity index (χ2n) is 4.50. The lowest BCUT2D eigenvalue weighted by Crippen LogP contribution is -2.37. The Morgan fingerprint density at radius 2 is 2.05 bits per heavy atom. The van der Waals surface area contributed by atoms with E-state index in [1.165, 1.54) is 11.0 Å². The summed E-state index contributed by atoms with van der Waals surface area (Å²) in [7, 11) is 3.33. The van der Waals surface area contributed by atoms with Gasteiger partial charge in [-0.25, -0.2) is 4.39 Å². The molecule has 0 aromatic heterocycles. The summed E-state index contributed by atoms with van der Waals surface area (Å²) in [6.07, 6.45) is 1.29. The van der Waals surface area contributed by atoms with E-state index in [2.05, 4.69) is 0 Å². The predicted molar refractivity (Wildman–Crippen MR) is 73.0 cm³/mol. The van der Waals surface area contributed by atoms with Gasteiger partial charge in [-0.05, 0) is 18.6 Å². The van der Waals surface area contributed by atoms with E-state index in [0.29, 0.717) is 18.5 Å². The van der Waals surface area contributed by atoms with Crippen molar-refractivity contribution in [2.75, 3.05) is 32.1 Å². The molecular weight excluding hydrogens is 247 g/mol. The summed E-state index contributed by atoms with van der Waals surface area (Å²) in [5.41, 5.74) is 0.467. The molecule has 0 aliphatic carbocycles. The van der Waals surface area contributed by atoms with Crippen LogP contribution in [0.15, 0.2) is 18.2 Å². The molecule has 19 heavy (non-hydrogen) atoms. The van der Waals surface area contributed by atoms with E-state index >= 15 is 0 Å². The highest BCUT2D eigenvalue weighted by Gasteiger charge is 2.17. The second-order valence-corrected chi connectivity index (χ2v) is 4.50. The molecule has 0 aliphatic rings. The van der Waals surface area contributed by atoms with Gasteiger partial charge in [0.05, 0.1) is 17.8 Å². The Kier molecular flexibility index (Phi) is 5.48. The molecule has 0 fully saturated rings. The molecule has 5 heteroatoms. The van der Waals surface area contributed by atoms with E-state index in [1.807, 2.05) is 6.92 Å². The van der Waals surface area contributed by atoms with E-state index in [9.17, 15) is 14.0 Å². The Hall–Kier alpha value is -1.91. The van der Waals surface area contributed by atoms with Crippen molar-refractivity contribution >= 4 is 17.9 Å². The van der Waals surface area contributed by atoms with Crippen LogP contribution in [0.3, 0.4) is 0 Å². The first-order valence-electron chi connectivity index (χ1n) is 6.20. The number of likely N-dealkylation sites (N-methyl/N-ethyl adjacent to an activating group) is 1. The Morgan fingerprint density at radius 1 is 1.37 bits per heavy atom. The fraction of sp³-hybridized carbons (Fsp3) is 0.429. The van der Waals surface area contributed by atoms with Crippen LogP contribution >= 0.6 is 0 Å². The Morgan fingerprint density at radius 3 is 2.58 bits per heavy atom. The molecule has 0 aliphatic heterocycles. The Labute approximate surface area is 112 Å². The highest BCUT2D eigenvalue weighted by molar-refractivity contribution is 5.88. The van der Waals surface area contributed by atoms with Gasteiger partial charge in [-0.3, -0.25) is 9.59 Å². The molecule has 0 spiro atoms. The molecule has 104 valence electrons. The van der Waals surface area contributed by atoms with E-state index in [0.717, 1.165) is 6.42 Å². The van der Waals surface area contributed by atoms with Crippen molar-refractivity contribution in [3.05, 3.63) is 29.6 Å². The van der Waals surface area contributed by atoms with Crippen LogP contribution in [0.5, 0.6) is 0 Å². The average molecular weight is 266 g/mol. The molecule has 1 aromatic rings. The Balaban J connectivity index is 3.08. The molecule has 0 radical (unpaired) electrons. The predicted octanol–water partition coefficient (Wildman–Crippen LogP) is 1.94. The summed E-state index contributed by atoms with van der Waals surface area (Å²) in [6, 6.07) is 4.44. The second kappa shape index (κ2) is 6.87. The zero-order chi connectivity index (χ0) is 14.4. The number of hydrogen-bond donors (Lipinski definition) is 0. The van der Waals surface area contributed by atoms with Crippen molar-refractivity contribution in [1.29, 1.82) is 0 Å². The van der Waals surface area contributed by atoms with Crippen LogP contribution in [-0.4, -0.2) is 44.3 Å². The number of nitrogens with zero attached hydrogens (tertiary/aromatic N) is 2. The van der Waals surface area contributed by atoms with E-state index in [-0.39, 0.29) is 18.0 Å². The quantitative estimate of drug-likeness (QED) is 0.739. The average Bonchev–Trinajstić information content (AvgIpc) is 2.37. The molecule has 0 atom stereocenters. The molecule has 1 amide bonds. The number of carbonyl (C=O) groups excluding carboxylic acids is 2. The molecule has 1 aromatic carbocycles. The van der Waals surface area contributed by atoms with Crippen LogP contribution in [0.4, 0.5) is 10.1 Å². The Bertz CT molecular complexity index is 461. The first kappa shape index (κ1) is 15.1. The number of anilines is 1. The maximum absolute atomic E-state index is 13.6. The van der Waals surface area contributed by atoms with Gasteiger partial charge in [0.15, 0.2) is 6.29 Å². The molecule has 0 bridgehead atoms. The highest BCUT2D eigenvalue weighted by Crippen LogP contribution is 2.22. The number of amides is 1. The summed E-state index contributed by atoms with van der Waals surface area (Å²) >= 11 is 0. The summed E-state index contributed by atoms with van der Waals surface area (Å²) in [6.45, 7) is 2.68. The lowest BCUT2D eigenvalue weighted by molar-refractivity contribution is -0.127. The minimum absolute atomic E-state index is 0.00232. The summed E-state index contributed by atoms with van der Waals surface area (Å²) in [5, 5.41) is 0. The van der Waals surface area contributed by atoms with Crippen LogP contribution < -0.4 is 4.90 Å². The maximum atomic E-state index is 13.6. The van der Waals surface area contributed by atoms with Gasteiger partial charge < -0.3 is 9.80 Å².